The number of nitrogens with zero attached hydrogens (tertiary/aromatic N) is 4. The van der Waals surface area contributed by atoms with Gasteiger partial charge >= 0.3 is 12.2 Å². The number of benzene rings is 3. The number of aromatic nitrogens is 2. The van der Waals surface area contributed by atoms with Gasteiger partial charge in [-0.1, -0.05) is 50.2 Å². The van der Waals surface area contributed by atoms with Gasteiger partial charge in [0.05, 0.1) is 18.8 Å². The topological polar surface area (TPSA) is 149 Å². The monoisotopic (exact) mass is 749 g/mol. The zero-order chi connectivity index (χ0) is 39.3. The van der Waals surface area contributed by atoms with Gasteiger partial charge in [0.15, 0.2) is 0 Å². The molecule has 13 nitrogen and oxygen atoms in total. The van der Waals surface area contributed by atoms with Crippen LogP contribution in [-0.2, 0) is 14.3 Å². The summed E-state index contributed by atoms with van der Waals surface area (Å²) in [6, 6.07) is 22.4. The van der Waals surface area contributed by atoms with E-state index in [0.29, 0.717) is 49.8 Å². The number of hydrogen-bond donors (Lipinski definition) is 3. The Hall–Kier alpha value is -5.85. The molecule has 0 saturated carbocycles. The molecule has 2 saturated heterocycles. The molecule has 4 aromatic rings. The number of H-pyrrole nitrogens is 1. The first-order chi connectivity index (χ1) is 26.3. The Morgan fingerprint density at radius 3 is 2.05 bits per heavy atom. The van der Waals surface area contributed by atoms with E-state index in [1.165, 1.54) is 7.11 Å². The van der Waals surface area contributed by atoms with Gasteiger partial charge in [0, 0.05) is 61.4 Å². The summed E-state index contributed by atoms with van der Waals surface area (Å²) in [5.41, 5.74) is 5.47. The van der Waals surface area contributed by atoms with Gasteiger partial charge < -0.3 is 39.8 Å². The fourth-order valence-electron chi connectivity index (χ4n) is 6.93. The Bertz CT molecular complexity index is 1960. The van der Waals surface area contributed by atoms with Crippen LogP contribution in [0.1, 0.15) is 69.7 Å². The lowest BCUT2D eigenvalue weighted by Gasteiger charge is -2.36. The first kappa shape index (κ1) is 38.9. The molecule has 3 aromatic carbocycles. The molecule has 6 rings (SSSR count). The Morgan fingerprint density at radius 2 is 1.45 bits per heavy atom. The van der Waals surface area contributed by atoms with Gasteiger partial charge in [0.1, 0.15) is 17.5 Å². The number of likely N-dealkylation sites (tertiary alicyclic amines) is 1. The molecule has 3 N–H and O–H groups in total. The minimum absolute atomic E-state index is 0.105. The number of carbonyl (C=O) groups is 4. The zero-order valence-corrected chi connectivity index (χ0v) is 32.4. The Morgan fingerprint density at radius 1 is 0.836 bits per heavy atom. The van der Waals surface area contributed by atoms with E-state index in [0.717, 1.165) is 40.9 Å². The van der Waals surface area contributed by atoms with E-state index in [1.807, 2.05) is 114 Å². The third-order valence-corrected chi connectivity index (χ3v) is 9.92. The van der Waals surface area contributed by atoms with Crippen LogP contribution < -0.4 is 15.5 Å². The van der Waals surface area contributed by atoms with E-state index < -0.39 is 17.7 Å². The van der Waals surface area contributed by atoms with Gasteiger partial charge in [0.25, 0.3) is 5.91 Å². The van der Waals surface area contributed by atoms with Gasteiger partial charge in [-0.2, -0.15) is 0 Å². The summed E-state index contributed by atoms with van der Waals surface area (Å²) in [4.78, 5) is 64.8. The van der Waals surface area contributed by atoms with Gasteiger partial charge in [-0.25, -0.2) is 14.6 Å². The lowest BCUT2D eigenvalue weighted by atomic mass is 10.0. The number of carbonyl (C=O) groups excluding carboxylic acids is 4. The Kier molecular flexibility index (Phi) is 11.8. The predicted octanol–water partition coefficient (Wildman–Crippen LogP) is 7.10. The summed E-state index contributed by atoms with van der Waals surface area (Å²) in [7, 11) is 1.29. The van der Waals surface area contributed by atoms with Crippen LogP contribution >= 0.6 is 0 Å². The number of aromatic amines is 1. The molecule has 3 heterocycles. The molecule has 290 valence electrons. The number of piperazine rings is 1. The number of amides is 4. The Labute approximate surface area is 322 Å². The second-order valence-corrected chi connectivity index (χ2v) is 15.3. The maximum atomic E-state index is 13.5. The number of rotatable bonds is 9. The zero-order valence-electron chi connectivity index (χ0n) is 32.4. The van der Waals surface area contributed by atoms with E-state index in [2.05, 4.69) is 20.5 Å². The molecule has 0 spiro atoms. The number of imidazole rings is 1. The molecule has 0 radical (unpaired) electrons. The quantitative estimate of drug-likeness (QED) is 0.164. The van der Waals surface area contributed by atoms with Crippen molar-refractivity contribution in [2.75, 3.05) is 50.1 Å². The maximum Gasteiger partial charge on any atom is 0.410 e. The molecular formula is C42H51N7O6. The highest BCUT2D eigenvalue weighted by Gasteiger charge is 2.37. The molecule has 0 bridgehead atoms. The van der Waals surface area contributed by atoms with Crippen LogP contribution in [0.2, 0.25) is 0 Å². The van der Waals surface area contributed by atoms with Crippen LogP contribution in [0.4, 0.5) is 21.0 Å². The standard InChI is InChI=1S/C42H51N7O6/c1-27(2)36(46-40(52)54-6)39(51)49-21-7-8-35(49)37-43-26-34(45-37)30-11-9-28(10-12-30)29-13-17-32(18-14-29)44-38(50)31-15-19-33(20-16-31)47-22-24-48(25-23-47)41(53)55-42(3,4)5/h9-20,26-27,35-36H,7-8,21-25H2,1-6H3,(H,43,45)(H,44,50)(H,46,52)/t35-,36-/m0/s1. The summed E-state index contributed by atoms with van der Waals surface area (Å²) in [5, 5.41) is 5.68. The molecule has 55 heavy (non-hydrogen) atoms. The minimum Gasteiger partial charge on any atom is -0.453 e. The van der Waals surface area contributed by atoms with Crippen molar-refractivity contribution in [3.63, 3.8) is 0 Å². The third-order valence-electron chi connectivity index (χ3n) is 9.92. The molecule has 2 aliphatic heterocycles. The SMILES string of the molecule is COC(=O)N[C@H](C(=O)N1CCC[C@H]1c1nc(-c2ccc(-c3ccc(NC(=O)c4ccc(N5CCN(C(=O)OC(C)(C)C)CC5)cc4)cc3)cc2)c[nH]1)C(C)C. The van der Waals surface area contributed by atoms with Crippen LogP contribution in [0.25, 0.3) is 22.4 Å². The van der Waals surface area contributed by atoms with Crippen molar-refractivity contribution in [3.8, 4) is 22.4 Å². The highest BCUT2D eigenvalue weighted by atomic mass is 16.6. The van der Waals surface area contributed by atoms with Crippen LogP contribution in [-0.4, -0.2) is 95.2 Å². The largest absolute Gasteiger partial charge is 0.453 e. The lowest BCUT2D eigenvalue weighted by Crippen LogP contribution is -2.51. The number of hydrogen-bond acceptors (Lipinski definition) is 8. The number of methoxy groups -OCH3 is 1. The second-order valence-electron chi connectivity index (χ2n) is 15.3. The van der Waals surface area contributed by atoms with Crippen LogP contribution in [0.5, 0.6) is 0 Å². The van der Waals surface area contributed by atoms with Crippen molar-refractivity contribution in [3.05, 3.63) is 90.4 Å². The normalized spacial score (nSPS) is 16.5. The summed E-state index contributed by atoms with van der Waals surface area (Å²) in [5.74, 6) is 0.273. The van der Waals surface area contributed by atoms with Crippen LogP contribution in [0.3, 0.4) is 0 Å². The first-order valence-electron chi connectivity index (χ1n) is 18.8. The Balaban J connectivity index is 1.02. The second kappa shape index (κ2) is 16.7. The number of ether oxygens (including phenoxy) is 2. The molecule has 4 amide bonds. The predicted molar refractivity (Wildman–Crippen MR) is 212 cm³/mol. The van der Waals surface area contributed by atoms with E-state index in [1.54, 1.807) is 9.80 Å². The van der Waals surface area contributed by atoms with E-state index in [9.17, 15) is 19.2 Å². The summed E-state index contributed by atoms with van der Waals surface area (Å²) in [6.45, 7) is 12.5. The molecule has 1 aromatic heterocycles. The van der Waals surface area contributed by atoms with E-state index >= 15 is 0 Å². The van der Waals surface area contributed by atoms with Gasteiger partial charge in [-0.05, 0) is 87.1 Å². The van der Waals surface area contributed by atoms with Crippen molar-refractivity contribution in [1.29, 1.82) is 0 Å². The molecule has 0 unspecified atom stereocenters. The van der Waals surface area contributed by atoms with Crippen LogP contribution in [0.15, 0.2) is 79.0 Å². The van der Waals surface area contributed by atoms with Crippen molar-refractivity contribution in [2.45, 2.75) is 65.1 Å². The third kappa shape index (κ3) is 9.45. The smallest absolute Gasteiger partial charge is 0.410 e. The number of anilines is 2. The molecule has 2 aliphatic rings. The van der Waals surface area contributed by atoms with E-state index in [-0.39, 0.29) is 29.9 Å². The summed E-state index contributed by atoms with van der Waals surface area (Å²) < 4.78 is 10.2. The van der Waals surface area contributed by atoms with Gasteiger partial charge in [0.2, 0.25) is 5.91 Å². The van der Waals surface area contributed by atoms with Gasteiger partial charge in [-0.15, -0.1) is 0 Å². The van der Waals surface area contributed by atoms with Gasteiger partial charge in [-0.3, -0.25) is 9.59 Å². The average molecular weight is 750 g/mol. The van der Waals surface area contributed by atoms with Crippen molar-refractivity contribution in [1.82, 2.24) is 25.1 Å². The number of nitrogens with one attached hydrogen (secondary N) is 3. The fraction of sp³-hybridized carbons (Fsp3) is 0.405. The van der Waals surface area contributed by atoms with Crippen molar-refractivity contribution < 1.29 is 28.7 Å². The molecule has 2 atom stereocenters. The first-order valence-corrected chi connectivity index (χ1v) is 18.8. The molecular weight excluding hydrogens is 699 g/mol. The minimum atomic E-state index is -0.688. The van der Waals surface area contributed by atoms with Crippen LogP contribution in [0, 0.1) is 5.92 Å². The number of alkyl carbamates (subject to hydrolysis) is 1. The highest BCUT2D eigenvalue weighted by molar-refractivity contribution is 6.04. The summed E-state index contributed by atoms with van der Waals surface area (Å²) in [6.07, 6.45) is 2.57. The molecule has 13 heteroatoms. The van der Waals surface area contributed by atoms with E-state index in [4.69, 9.17) is 14.5 Å². The fourth-order valence-corrected chi connectivity index (χ4v) is 6.93. The lowest BCUT2D eigenvalue weighted by molar-refractivity contribution is -0.135. The maximum absolute atomic E-state index is 13.5. The summed E-state index contributed by atoms with van der Waals surface area (Å²) >= 11 is 0. The van der Waals surface area contributed by atoms with Crippen molar-refractivity contribution in [2.24, 2.45) is 5.92 Å². The van der Waals surface area contributed by atoms with Crippen molar-refractivity contribution >= 4 is 35.4 Å². The average Bonchev–Trinajstić information content (AvgIpc) is 3.87. The molecule has 0 aliphatic carbocycles. The molecule has 2 fully saturated rings. The highest BCUT2D eigenvalue weighted by Crippen LogP contribution is 2.33.